The van der Waals surface area contributed by atoms with Crippen LogP contribution in [0.1, 0.15) is 42.7 Å². The van der Waals surface area contributed by atoms with Crippen molar-refractivity contribution in [2.45, 2.75) is 31.6 Å². The van der Waals surface area contributed by atoms with Crippen LogP contribution < -0.4 is 0 Å². The van der Waals surface area contributed by atoms with Gasteiger partial charge >= 0.3 is 0 Å². The van der Waals surface area contributed by atoms with E-state index in [0.717, 1.165) is 35.3 Å². The third kappa shape index (κ3) is 2.81. The molecule has 0 fully saturated rings. The number of allylic oxidation sites excluding steroid dienone is 2. The minimum absolute atomic E-state index is 0.0300. The Morgan fingerprint density at radius 1 is 0.870 bits per heavy atom. The minimum Gasteiger partial charge on any atom is -0.500 e. The summed E-state index contributed by atoms with van der Waals surface area (Å²) in [4.78, 5) is 13.1. The van der Waals surface area contributed by atoms with Gasteiger partial charge in [0.05, 0.1) is 18.9 Å². The van der Waals surface area contributed by atoms with Crippen molar-refractivity contribution in [2.75, 3.05) is 7.11 Å². The largest absolute Gasteiger partial charge is 0.500 e. The fourth-order valence-corrected chi connectivity index (χ4v) is 3.55. The summed E-state index contributed by atoms with van der Waals surface area (Å²) in [5, 5.41) is 0. The summed E-state index contributed by atoms with van der Waals surface area (Å²) < 4.78 is 5.72. The summed E-state index contributed by atoms with van der Waals surface area (Å²) in [5.74, 6) is 0.841. The van der Waals surface area contributed by atoms with E-state index < -0.39 is 0 Å². The van der Waals surface area contributed by atoms with Gasteiger partial charge in [-0.15, -0.1) is 0 Å². The van der Waals surface area contributed by atoms with E-state index in [0.29, 0.717) is 0 Å². The van der Waals surface area contributed by atoms with Gasteiger partial charge in [-0.1, -0.05) is 74.0 Å². The zero-order valence-electron chi connectivity index (χ0n) is 13.7. The van der Waals surface area contributed by atoms with E-state index in [1.165, 1.54) is 0 Å². The van der Waals surface area contributed by atoms with E-state index in [1.54, 1.807) is 7.11 Å². The van der Waals surface area contributed by atoms with Gasteiger partial charge in [-0.05, 0) is 17.5 Å². The molecule has 0 aliphatic heterocycles. The minimum atomic E-state index is -0.185. The van der Waals surface area contributed by atoms with Crippen molar-refractivity contribution in [3.63, 3.8) is 0 Å². The number of hydrogen-bond donors (Lipinski definition) is 0. The van der Waals surface area contributed by atoms with Gasteiger partial charge in [0.2, 0.25) is 0 Å². The Morgan fingerprint density at radius 3 is 1.87 bits per heavy atom. The maximum absolute atomic E-state index is 13.1. The van der Waals surface area contributed by atoms with E-state index in [2.05, 4.69) is 19.1 Å². The highest BCUT2D eigenvalue weighted by molar-refractivity contribution is 6.05. The first-order valence-corrected chi connectivity index (χ1v) is 8.19. The fraction of sp³-hybridized carbons (Fsp3) is 0.286. The summed E-state index contributed by atoms with van der Waals surface area (Å²) in [6.45, 7) is 2.10. The molecule has 2 nitrogen and oxygen atoms in total. The van der Waals surface area contributed by atoms with Gasteiger partial charge in [-0.3, -0.25) is 4.79 Å². The average Bonchev–Trinajstić information content (AvgIpc) is 2.89. The van der Waals surface area contributed by atoms with Crippen LogP contribution in [-0.2, 0) is 9.53 Å². The van der Waals surface area contributed by atoms with Gasteiger partial charge in [0.25, 0.3) is 0 Å². The predicted octanol–water partition coefficient (Wildman–Crippen LogP) is 4.84. The lowest BCUT2D eigenvalue weighted by Gasteiger charge is -2.21. The molecule has 2 heteroatoms. The molecule has 1 aliphatic carbocycles. The number of ketones is 1. The second-order valence-corrected chi connectivity index (χ2v) is 5.94. The normalized spacial score (nSPS) is 20.9. The van der Waals surface area contributed by atoms with Crippen molar-refractivity contribution in [2.24, 2.45) is 0 Å². The van der Waals surface area contributed by atoms with Crippen molar-refractivity contribution in [1.82, 2.24) is 0 Å². The summed E-state index contributed by atoms with van der Waals surface area (Å²) in [6.07, 6.45) is 1.71. The molecule has 118 valence electrons. The highest BCUT2D eigenvalue weighted by atomic mass is 16.5. The first-order chi connectivity index (χ1) is 11.3. The van der Waals surface area contributed by atoms with Crippen LogP contribution >= 0.6 is 0 Å². The quantitative estimate of drug-likeness (QED) is 0.790. The lowest BCUT2D eigenvalue weighted by molar-refractivity contribution is -0.116. The van der Waals surface area contributed by atoms with Crippen LogP contribution in [-0.4, -0.2) is 12.9 Å². The van der Waals surface area contributed by atoms with Gasteiger partial charge in [0.1, 0.15) is 5.76 Å². The summed E-state index contributed by atoms with van der Waals surface area (Å²) >= 11 is 0. The van der Waals surface area contributed by atoms with Crippen LogP contribution in [0.5, 0.6) is 0 Å². The van der Waals surface area contributed by atoms with Crippen LogP contribution in [0, 0.1) is 0 Å². The lowest BCUT2D eigenvalue weighted by atomic mass is 9.82. The van der Waals surface area contributed by atoms with Crippen molar-refractivity contribution in [1.29, 1.82) is 0 Å². The molecule has 1 aliphatic rings. The van der Waals surface area contributed by atoms with Gasteiger partial charge in [0.15, 0.2) is 5.78 Å². The van der Waals surface area contributed by atoms with Crippen molar-refractivity contribution in [3.05, 3.63) is 83.1 Å². The number of Topliss-reactive ketones (excluding diaryl/α,β-unsaturated/α-hetero) is 1. The Labute approximate surface area is 137 Å². The standard InChI is InChI=1S/C21H22O2/c1-3-10-17-20(22)18(15-11-6-4-7-12-15)19(21(17)23-2)16-13-8-5-9-14-16/h4-9,11-14,18-19H,3,10H2,1-2H3/t18-,19+/m1/s1. The predicted molar refractivity (Wildman–Crippen MR) is 92.3 cm³/mol. The molecule has 0 radical (unpaired) electrons. The number of methoxy groups -OCH3 is 1. The third-order valence-electron chi connectivity index (χ3n) is 4.53. The van der Waals surface area contributed by atoms with Crippen LogP contribution in [0.25, 0.3) is 0 Å². The number of benzene rings is 2. The van der Waals surface area contributed by atoms with Crippen molar-refractivity contribution < 1.29 is 9.53 Å². The molecule has 0 spiro atoms. The second kappa shape index (κ2) is 6.82. The molecule has 2 aromatic carbocycles. The Hall–Kier alpha value is -2.35. The van der Waals surface area contributed by atoms with Gasteiger partial charge < -0.3 is 4.74 Å². The first kappa shape index (κ1) is 15.5. The Kier molecular flexibility index (Phi) is 4.61. The van der Waals surface area contributed by atoms with Crippen LogP contribution in [0.15, 0.2) is 72.0 Å². The molecule has 2 atom stereocenters. The van der Waals surface area contributed by atoms with Crippen LogP contribution in [0.4, 0.5) is 0 Å². The number of carbonyl (C=O) groups excluding carboxylic acids is 1. The first-order valence-electron chi connectivity index (χ1n) is 8.19. The Morgan fingerprint density at radius 2 is 1.39 bits per heavy atom. The summed E-state index contributed by atoms with van der Waals surface area (Å²) in [5.41, 5.74) is 3.06. The van der Waals surface area contributed by atoms with E-state index in [1.807, 2.05) is 48.5 Å². The molecule has 3 rings (SSSR count). The topological polar surface area (TPSA) is 26.3 Å². The molecule has 0 N–H and O–H groups in total. The molecule has 0 bridgehead atoms. The van der Waals surface area contributed by atoms with Gasteiger partial charge in [-0.25, -0.2) is 0 Å². The molecule has 0 heterocycles. The maximum atomic E-state index is 13.1. The van der Waals surface area contributed by atoms with E-state index in [4.69, 9.17) is 4.74 Å². The van der Waals surface area contributed by atoms with E-state index in [-0.39, 0.29) is 17.6 Å². The zero-order chi connectivity index (χ0) is 16.2. The number of rotatable bonds is 5. The number of hydrogen-bond acceptors (Lipinski definition) is 2. The zero-order valence-corrected chi connectivity index (χ0v) is 13.7. The van der Waals surface area contributed by atoms with E-state index >= 15 is 0 Å². The van der Waals surface area contributed by atoms with E-state index in [9.17, 15) is 4.79 Å². The molecular weight excluding hydrogens is 284 g/mol. The van der Waals surface area contributed by atoms with Crippen LogP contribution in [0.3, 0.4) is 0 Å². The molecule has 0 saturated heterocycles. The summed E-state index contributed by atoms with van der Waals surface area (Å²) in [6, 6.07) is 20.3. The maximum Gasteiger partial charge on any atom is 0.170 e. The Bertz CT molecular complexity index is 701. The highest BCUT2D eigenvalue weighted by Gasteiger charge is 2.43. The van der Waals surface area contributed by atoms with Gasteiger partial charge in [-0.2, -0.15) is 0 Å². The smallest absolute Gasteiger partial charge is 0.170 e. The molecule has 2 aromatic rings. The molecule has 0 unspecified atom stereocenters. The highest BCUT2D eigenvalue weighted by Crippen LogP contribution is 2.48. The van der Waals surface area contributed by atoms with Crippen molar-refractivity contribution >= 4 is 5.78 Å². The molecular formula is C21H22O2. The number of carbonyl (C=O) groups is 1. The Balaban J connectivity index is 2.13. The van der Waals surface area contributed by atoms with Crippen molar-refractivity contribution in [3.8, 4) is 0 Å². The monoisotopic (exact) mass is 306 g/mol. The van der Waals surface area contributed by atoms with Gasteiger partial charge in [0, 0.05) is 5.57 Å². The van der Waals surface area contributed by atoms with Crippen LogP contribution in [0.2, 0.25) is 0 Å². The lowest BCUT2D eigenvalue weighted by Crippen LogP contribution is -2.15. The number of ether oxygens (including phenoxy) is 1. The average molecular weight is 306 g/mol. The SMILES string of the molecule is CCCC1=C(OC)[C@@H](c2ccccc2)[C@@H](c2ccccc2)C1=O. The third-order valence-corrected chi connectivity index (χ3v) is 4.53. The molecule has 23 heavy (non-hydrogen) atoms. The molecule has 0 saturated carbocycles. The summed E-state index contributed by atoms with van der Waals surface area (Å²) in [7, 11) is 1.68. The molecule has 0 aromatic heterocycles. The molecule has 0 amide bonds. The second-order valence-electron chi connectivity index (χ2n) is 5.94. The fourth-order valence-electron chi connectivity index (χ4n) is 3.55.